The van der Waals surface area contributed by atoms with Crippen molar-refractivity contribution < 1.29 is 19.4 Å². The molecule has 7 nitrogen and oxygen atoms in total. The van der Waals surface area contributed by atoms with Gasteiger partial charge in [0.15, 0.2) is 0 Å². The molecule has 0 aliphatic carbocycles. The molecule has 2 aliphatic rings. The summed E-state index contributed by atoms with van der Waals surface area (Å²) in [5, 5.41) is 10.2. The van der Waals surface area contributed by atoms with Crippen LogP contribution in [0.1, 0.15) is 13.8 Å². The highest BCUT2D eigenvalue weighted by Crippen LogP contribution is 2.18. The zero-order valence-corrected chi connectivity index (χ0v) is 12.8. The molecular weight excluding hydrogens is 274 g/mol. The number of carbonyl (C=O) groups is 2. The summed E-state index contributed by atoms with van der Waals surface area (Å²) in [4.78, 5) is 28.9. The second-order valence-corrected chi connectivity index (χ2v) is 5.61. The molecule has 0 spiro atoms. The van der Waals surface area contributed by atoms with E-state index in [0.717, 1.165) is 13.1 Å². The van der Waals surface area contributed by atoms with Gasteiger partial charge in [0, 0.05) is 52.8 Å². The maximum Gasteiger partial charge on any atom is 0.248 e. The highest BCUT2D eigenvalue weighted by Gasteiger charge is 2.38. The minimum Gasteiger partial charge on any atom is -0.390 e. The average molecular weight is 299 g/mol. The maximum absolute atomic E-state index is 11.9. The molecule has 0 saturated carbocycles. The SMILES string of the molecule is CCOCC(=O)N1C[C@@H](O)[C@H](N2CCN(C(C)=O)CC2)C1. The van der Waals surface area contributed by atoms with Gasteiger partial charge in [-0.2, -0.15) is 0 Å². The molecule has 21 heavy (non-hydrogen) atoms. The number of aliphatic hydroxyl groups excluding tert-OH is 1. The molecule has 0 radical (unpaired) electrons. The molecular formula is C14H25N3O4. The first-order valence-electron chi connectivity index (χ1n) is 7.56. The van der Waals surface area contributed by atoms with E-state index in [0.29, 0.717) is 32.8 Å². The Morgan fingerprint density at radius 1 is 1.14 bits per heavy atom. The molecule has 0 bridgehead atoms. The molecule has 2 amide bonds. The van der Waals surface area contributed by atoms with E-state index in [1.165, 1.54) is 0 Å². The molecule has 2 heterocycles. The third kappa shape index (κ3) is 3.93. The first kappa shape index (κ1) is 16.2. The number of hydrogen-bond acceptors (Lipinski definition) is 5. The van der Waals surface area contributed by atoms with Gasteiger partial charge in [-0.05, 0) is 6.92 Å². The van der Waals surface area contributed by atoms with Crippen molar-refractivity contribution >= 4 is 11.8 Å². The average Bonchev–Trinajstić information content (AvgIpc) is 2.87. The summed E-state index contributed by atoms with van der Waals surface area (Å²) < 4.78 is 5.13. The van der Waals surface area contributed by atoms with E-state index in [1.807, 2.05) is 11.8 Å². The van der Waals surface area contributed by atoms with Crippen molar-refractivity contribution in [2.75, 3.05) is 52.5 Å². The summed E-state index contributed by atoms with van der Waals surface area (Å²) in [5.74, 6) is 0.0240. The third-order valence-corrected chi connectivity index (χ3v) is 4.27. The first-order chi connectivity index (χ1) is 10.0. The fraction of sp³-hybridized carbons (Fsp3) is 0.857. The lowest BCUT2D eigenvalue weighted by Crippen LogP contribution is -2.54. The Morgan fingerprint density at radius 2 is 1.81 bits per heavy atom. The van der Waals surface area contributed by atoms with Gasteiger partial charge in [0.25, 0.3) is 0 Å². The molecule has 2 fully saturated rings. The highest BCUT2D eigenvalue weighted by molar-refractivity contribution is 5.78. The van der Waals surface area contributed by atoms with Gasteiger partial charge in [0.2, 0.25) is 11.8 Å². The molecule has 2 aliphatic heterocycles. The van der Waals surface area contributed by atoms with Gasteiger partial charge in [-0.1, -0.05) is 0 Å². The number of carbonyl (C=O) groups excluding carboxylic acids is 2. The number of hydrogen-bond donors (Lipinski definition) is 1. The number of rotatable bonds is 4. The van der Waals surface area contributed by atoms with Crippen LogP contribution >= 0.6 is 0 Å². The monoisotopic (exact) mass is 299 g/mol. The van der Waals surface area contributed by atoms with Gasteiger partial charge in [0.05, 0.1) is 12.1 Å². The number of piperazine rings is 1. The number of ether oxygens (including phenoxy) is 1. The molecule has 2 rings (SSSR count). The normalized spacial score (nSPS) is 27.2. The summed E-state index contributed by atoms with van der Waals surface area (Å²) in [6.07, 6.45) is -0.528. The lowest BCUT2D eigenvalue weighted by molar-refractivity contribution is -0.135. The van der Waals surface area contributed by atoms with Crippen molar-refractivity contribution in [3.8, 4) is 0 Å². The number of aliphatic hydroxyl groups is 1. The standard InChI is InChI=1S/C14H25N3O4/c1-3-21-10-14(20)17-8-12(13(19)9-17)16-6-4-15(5-7-16)11(2)18/h12-13,19H,3-10H2,1-2H3/t12-,13-/m1/s1. The summed E-state index contributed by atoms with van der Waals surface area (Å²) in [6.45, 7) is 7.78. The molecule has 2 saturated heterocycles. The van der Waals surface area contributed by atoms with Crippen LogP contribution < -0.4 is 0 Å². The van der Waals surface area contributed by atoms with Crippen LogP contribution in [0.25, 0.3) is 0 Å². The quantitative estimate of drug-likeness (QED) is 0.703. The van der Waals surface area contributed by atoms with E-state index in [2.05, 4.69) is 4.90 Å². The van der Waals surface area contributed by atoms with Crippen LogP contribution in [0.15, 0.2) is 0 Å². The Morgan fingerprint density at radius 3 is 2.38 bits per heavy atom. The van der Waals surface area contributed by atoms with E-state index in [1.54, 1.807) is 11.8 Å². The van der Waals surface area contributed by atoms with Crippen LogP contribution in [0.2, 0.25) is 0 Å². The number of amides is 2. The van der Waals surface area contributed by atoms with Gasteiger partial charge in [-0.15, -0.1) is 0 Å². The lowest BCUT2D eigenvalue weighted by Gasteiger charge is -2.38. The minimum absolute atomic E-state index is 0.0373. The van der Waals surface area contributed by atoms with Crippen molar-refractivity contribution in [1.82, 2.24) is 14.7 Å². The molecule has 0 aromatic heterocycles. The highest BCUT2D eigenvalue weighted by atomic mass is 16.5. The van der Waals surface area contributed by atoms with Gasteiger partial charge in [0.1, 0.15) is 6.61 Å². The van der Waals surface area contributed by atoms with Gasteiger partial charge in [-0.25, -0.2) is 0 Å². The summed E-state index contributed by atoms with van der Waals surface area (Å²) >= 11 is 0. The van der Waals surface area contributed by atoms with Crippen molar-refractivity contribution in [3.05, 3.63) is 0 Å². The largest absolute Gasteiger partial charge is 0.390 e. The fourth-order valence-corrected chi connectivity index (χ4v) is 2.98. The predicted octanol–water partition coefficient (Wildman–Crippen LogP) is -1.24. The minimum atomic E-state index is -0.528. The molecule has 0 aromatic rings. The van der Waals surface area contributed by atoms with Crippen LogP contribution in [-0.4, -0.2) is 96.2 Å². The number of nitrogens with zero attached hydrogens (tertiary/aromatic N) is 3. The van der Waals surface area contributed by atoms with Crippen molar-refractivity contribution in [1.29, 1.82) is 0 Å². The second kappa shape index (κ2) is 7.20. The van der Waals surface area contributed by atoms with Gasteiger partial charge in [-0.3, -0.25) is 14.5 Å². The van der Waals surface area contributed by atoms with Crippen LogP contribution in [-0.2, 0) is 14.3 Å². The Bertz CT molecular complexity index is 382. The third-order valence-electron chi connectivity index (χ3n) is 4.27. The van der Waals surface area contributed by atoms with Crippen molar-refractivity contribution in [2.24, 2.45) is 0 Å². The van der Waals surface area contributed by atoms with Crippen LogP contribution in [0, 0.1) is 0 Å². The van der Waals surface area contributed by atoms with Crippen LogP contribution in [0.3, 0.4) is 0 Å². The number of likely N-dealkylation sites (tertiary alicyclic amines) is 1. The van der Waals surface area contributed by atoms with E-state index in [-0.39, 0.29) is 24.5 Å². The number of β-amino-alcohol motifs (C(OH)–C–C–N with tert-alkyl or cyclic N) is 1. The molecule has 2 atom stereocenters. The maximum atomic E-state index is 11.9. The van der Waals surface area contributed by atoms with E-state index < -0.39 is 6.10 Å². The van der Waals surface area contributed by atoms with Gasteiger partial charge >= 0.3 is 0 Å². The summed E-state index contributed by atoms with van der Waals surface area (Å²) in [6, 6.07) is -0.0373. The Hall–Kier alpha value is -1.18. The first-order valence-corrected chi connectivity index (χ1v) is 7.56. The van der Waals surface area contributed by atoms with E-state index in [4.69, 9.17) is 4.74 Å². The molecule has 0 aromatic carbocycles. The smallest absolute Gasteiger partial charge is 0.248 e. The van der Waals surface area contributed by atoms with Crippen molar-refractivity contribution in [3.63, 3.8) is 0 Å². The summed E-state index contributed by atoms with van der Waals surface area (Å²) in [7, 11) is 0. The molecule has 120 valence electrons. The second-order valence-electron chi connectivity index (χ2n) is 5.61. The van der Waals surface area contributed by atoms with Crippen LogP contribution in [0.5, 0.6) is 0 Å². The molecule has 0 unspecified atom stereocenters. The Kier molecular flexibility index (Phi) is 5.55. The zero-order valence-electron chi connectivity index (χ0n) is 12.8. The van der Waals surface area contributed by atoms with Crippen molar-refractivity contribution in [2.45, 2.75) is 26.0 Å². The lowest BCUT2D eigenvalue weighted by atomic mass is 10.1. The van der Waals surface area contributed by atoms with Gasteiger partial charge < -0.3 is 19.6 Å². The summed E-state index contributed by atoms with van der Waals surface area (Å²) in [5.41, 5.74) is 0. The topological polar surface area (TPSA) is 73.3 Å². The molecule has 1 N–H and O–H groups in total. The molecule has 7 heteroatoms. The van der Waals surface area contributed by atoms with E-state index >= 15 is 0 Å². The fourth-order valence-electron chi connectivity index (χ4n) is 2.98. The predicted molar refractivity (Wildman–Crippen MR) is 76.7 cm³/mol. The van der Waals surface area contributed by atoms with E-state index in [9.17, 15) is 14.7 Å². The zero-order chi connectivity index (χ0) is 15.4. The Labute approximate surface area is 125 Å². The Balaban J connectivity index is 1.85. The van der Waals surface area contributed by atoms with Crippen LogP contribution in [0.4, 0.5) is 0 Å².